The minimum absolute atomic E-state index is 0.118. The van der Waals surface area contributed by atoms with Crippen molar-refractivity contribution in [2.24, 2.45) is 0 Å². The molecule has 0 fully saturated rings. The summed E-state index contributed by atoms with van der Waals surface area (Å²) in [7, 11) is 1.59. The van der Waals surface area contributed by atoms with Crippen LogP contribution >= 0.6 is 11.3 Å². The Hall–Kier alpha value is -3.33. The lowest BCUT2D eigenvalue weighted by atomic mass is 10.1. The van der Waals surface area contributed by atoms with E-state index in [2.05, 4.69) is 10.3 Å². The summed E-state index contributed by atoms with van der Waals surface area (Å²) < 4.78 is 18.7. The lowest BCUT2D eigenvalue weighted by molar-refractivity contribution is -0.387. The molecule has 0 aliphatic heterocycles. The molecule has 0 aliphatic rings. The molecule has 0 spiro atoms. The summed E-state index contributed by atoms with van der Waals surface area (Å²) in [4.78, 5) is 26.3. The quantitative estimate of drug-likeness (QED) is 0.509. The summed E-state index contributed by atoms with van der Waals surface area (Å²) in [5.74, 6) is -0.773. The Morgan fingerprint density at radius 2 is 2.04 bits per heavy atom. The van der Waals surface area contributed by atoms with Crippen molar-refractivity contribution in [3.63, 3.8) is 0 Å². The Morgan fingerprint density at radius 1 is 1.30 bits per heavy atom. The summed E-state index contributed by atoms with van der Waals surface area (Å²) >= 11 is 1.34. The zero-order chi connectivity index (χ0) is 19.4. The molecule has 9 heteroatoms. The predicted molar refractivity (Wildman–Crippen MR) is 98.9 cm³/mol. The first-order valence-electron chi connectivity index (χ1n) is 7.79. The van der Waals surface area contributed by atoms with Gasteiger partial charge >= 0.3 is 5.69 Å². The van der Waals surface area contributed by atoms with Crippen LogP contribution in [0.15, 0.2) is 47.8 Å². The lowest BCUT2D eigenvalue weighted by Gasteiger charge is -2.03. The highest BCUT2D eigenvalue weighted by Gasteiger charge is 2.16. The summed E-state index contributed by atoms with van der Waals surface area (Å²) in [5.41, 5.74) is 0.688. The van der Waals surface area contributed by atoms with Gasteiger partial charge in [-0.1, -0.05) is 12.1 Å². The zero-order valence-electron chi connectivity index (χ0n) is 14.1. The van der Waals surface area contributed by atoms with Gasteiger partial charge in [-0.05, 0) is 23.8 Å². The fraction of sp³-hybridized carbons (Fsp3) is 0.111. The second-order valence-corrected chi connectivity index (χ2v) is 6.47. The number of halogens is 1. The molecule has 7 nitrogen and oxygen atoms in total. The monoisotopic (exact) mass is 387 g/mol. The number of rotatable bonds is 6. The Morgan fingerprint density at radius 3 is 2.67 bits per heavy atom. The number of benzene rings is 2. The van der Waals surface area contributed by atoms with Crippen molar-refractivity contribution >= 4 is 28.6 Å². The number of hydrogen-bond donors (Lipinski definition) is 1. The maximum Gasteiger partial charge on any atom is 0.304 e. The van der Waals surface area contributed by atoms with Gasteiger partial charge in [0.05, 0.1) is 17.0 Å². The number of amides is 1. The van der Waals surface area contributed by atoms with E-state index in [-0.39, 0.29) is 11.4 Å². The second kappa shape index (κ2) is 7.92. The highest BCUT2D eigenvalue weighted by molar-refractivity contribution is 7.09. The number of nitrogens with one attached hydrogen (secondary N) is 1. The lowest BCUT2D eigenvalue weighted by Crippen LogP contribution is -2.12. The molecule has 1 aromatic heterocycles. The van der Waals surface area contributed by atoms with Crippen LogP contribution in [0, 0.1) is 15.9 Å². The van der Waals surface area contributed by atoms with Gasteiger partial charge in [-0.15, -0.1) is 11.3 Å². The summed E-state index contributed by atoms with van der Waals surface area (Å²) in [6, 6.07) is 10.7. The second-order valence-electron chi connectivity index (χ2n) is 5.53. The minimum Gasteiger partial charge on any atom is -0.497 e. The van der Waals surface area contributed by atoms with Crippen molar-refractivity contribution < 1.29 is 18.8 Å². The molecule has 1 amide bonds. The Bertz CT molecular complexity index is 989. The maximum absolute atomic E-state index is 13.6. The van der Waals surface area contributed by atoms with Gasteiger partial charge < -0.3 is 10.1 Å². The van der Waals surface area contributed by atoms with Crippen LogP contribution in [0.25, 0.3) is 0 Å². The number of thiazole rings is 1. The molecule has 0 bridgehead atoms. The third kappa shape index (κ3) is 4.45. The van der Waals surface area contributed by atoms with E-state index >= 15 is 0 Å². The van der Waals surface area contributed by atoms with Crippen molar-refractivity contribution in [2.75, 3.05) is 12.4 Å². The SMILES string of the molecule is COc1ccc(Cc2nc(C(=O)Nc3ccc([N+](=O)[O-])c(F)c3)cs2)cc1. The Labute approximate surface area is 157 Å². The third-order valence-corrected chi connectivity index (χ3v) is 4.55. The summed E-state index contributed by atoms with van der Waals surface area (Å²) in [6.45, 7) is 0. The molecular weight excluding hydrogens is 373 g/mol. The molecule has 0 aliphatic carbocycles. The van der Waals surface area contributed by atoms with Gasteiger partial charge in [-0.3, -0.25) is 14.9 Å². The third-order valence-electron chi connectivity index (χ3n) is 3.70. The van der Waals surface area contributed by atoms with E-state index in [1.165, 1.54) is 17.4 Å². The summed E-state index contributed by atoms with van der Waals surface area (Å²) in [6.07, 6.45) is 0.564. The number of nitrogens with zero attached hydrogens (tertiary/aromatic N) is 2. The van der Waals surface area contributed by atoms with Crippen molar-refractivity contribution in [3.05, 3.63) is 80.0 Å². The number of nitro benzene ring substituents is 1. The number of carbonyl (C=O) groups excluding carboxylic acids is 1. The van der Waals surface area contributed by atoms with Crippen LogP contribution in [-0.4, -0.2) is 22.9 Å². The van der Waals surface area contributed by atoms with Crippen molar-refractivity contribution in [2.45, 2.75) is 6.42 Å². The van der Waals surface area contributed by atoms with E-state index in [0.717, 1.165) is 28.5 Å². The van der Waals surface area contributed by atoms with Gasteiger partial charge in [-0.25, -0.2) is 4.98 Å². The van der Waals surface area contributed by atoms with Crippen molar-refractivity contribution in [3.8, 4) is 5.75 Å². The van der Waals surface area contributed by atoms with E-state index in [0.29, 0.717) is 6.42 Å². The normalized spacial score (nSPS) is 10.4. The average Bonchev–Trinajstić information content (AvgIpc) is 3.11. The van der Waals surface area contributed by atoms with Gasteiger partial charge in [0.1, 0.15) is 11.4 Å². The number of hydrogen-bond acceptors (Lipinski definition) is 6. The standard InChI is InChI=1S/C18H14FN3O4S/c1-26-13-5-2-11(3-6-13)8-17-21-15(10-27-17)18(23)20-12-4-7-16(22(24)25)14(19)9-12/h2-7,9-10H,8H2,1H3,(H,20,23). The Kier molecular flexibility index (Phi) is 5.41. The van der Waals surface area contributed by atoms with Gasteiger partial charge in [0.15, 0.2) is 0 Å². The van der Waals surface area contributed by atoms with Gasteiger partial charge in [0.2, 0.25) is 5.82 Å². The largest absolute Gasteiger partial charge is 0.497 e. The fourth-order valence-electron chi connectivity index (χ4n) is 2.34. The molecule has 138 valence electrons. The van der Waals surface area contributed by atoms with Crippen LogP contribution in [0.4, 0.5) is 15.8 Å². The first kappa shape index (κ1) is 18.5. The number of aromatic nitrogens is 1. The molecule has 0 radical (unpaired) electrons. The van der Waals surface area contributed by atoms with E-state index < -0.39 is 22.3 Å². The van der Waals surface area contributed by atoms with Gasteiger partial charge in [-0.2, -0.15) is 4.39 Å². The highest BCUT2D eigenvalue weighted by Crippen LogP contribution is 2.22. The van der Waals surface area contributed by atoms with Crippen molar-refractivity contribution in [1.82, 2.24) is 4.98 Å². The first-order chi connectivity index (χ1) is 13.0. The topological polar surface area (TPSA) is 94.4 Å². The van der Waals surface area contributed by atoms with E-state index in [1.54, 1.807) is 12.5 Å². The molecule has 0 unspecified atom stereocenters. The highest BCUT2D eigenvalue weighted by atomic mass is 32.1. The van der Waals surface area contributed by atoms with Crippen LogP contribution in [0.5, 0.6) is 5.75 Å². The summed E-state index contributed by atoms with van der Waals surface area (Å²) in [5, 5.41) is 15.5. The number of methoxy groups -OCH3 is 1. The van der Waals surface area contributed by atoms with Crippen LogP contribution < -0.4 is 10.1 Å². The van der Waals surface area contributed by atoms with Gasteiger partial charge in [0, 0.05) is 29.6 Å². The molecule has 1 heterocycles. The smallest absolute Gasteiger partial charge is 0.304 e. The van der Waals surface area contributed by atoms with Crippen LogP contribution in [0.3, 0.4) is 0 Å². The maximum atomic E-state index is 13.6. The number of carbonyl (C=O) groups is 1. The van der Waals surface area contributed by atoms with E-state index in [4.69, 9.17) is 4.74 Å². The number of ether oxygens (including phenoxy) is 1. The molecule has 3 rings (SSSR count). The Balaban J connectivity index is 1.67. The average molecular weight is 387 g/mol. The number of anilines is 1. The van der Waals surface area contributed by atoms with Crippen LogP contribution in [-0.2, 0) is 6.42 Å². The van der Waals surface area contributed by atoms with Gasteiger partial charge in [0.25, 0.3) is 5.91 Å². The molecule has 2 aromatic carbocycles. The molecule has 0 saturated heterocycles. The van der Waals surface area contributed by atoms with E-state index in [9.17, 15) is 19.3 Å². The minimum atomic E-state index is -1.02. The molecule has 0 atom stereocenters. The predicted octanol–water partition coefficient (Wildman–Crippen LogP) is 4.04. The van der Waals surface area contributed by atoms with Crippen LogP contribution in [0.2, 0.25) is 0 Å². The van der Waals surface area contributed by atoms with Crippen LogP contribution in [0.1, 0.15) is 21.1 Å². The fourth-order valence-corrected chi connectivity index (χ4v) is 3.15. The molecule has 1 N–H and O–H groups in total. The molecule has 27 heavy (non-hydrogen) atoms. The molecule has 0 saturated carbocycles. The van der Waals surface area contributed by atoms with E-state index in [1.807, 2.05) is 24.3 Å². The molecular formula is C18H14FN3O4S. The zero-order valence-corrected chi connectivity index (χ0v) is 15.0. The number of nitro groups is 1. The molecule has 3 aromatic rings. The first-order valence-corrected chi connectivity index (χ1v) is 8.67. The van der Waals surface area contributed by atoms with Crippen molar-refractivity contribution in [1.29, 1.82) is 0 Å².